The van der Waals surface area contributed by atoms with Crippen molar-refractivity contribution in [2.45, 2.75) is 49.1 Å². The van der Waals surface area contributed by atoms with E-state index >= 15 is 0 Å². The lowest BCUT2D eigenvalue weighted by Gasteiger charge is -2.26. The highest BCUT2D eigenvalue weighted by Crippen LogP contribution is 2.31. The van der Waals surface area contributed by atoms with Gasteiger partial charge in [0.1, 0.15) is 4.90 Å². The van der Waals surface area contributed by atoms with Crippen LogP contribution in [0.25, 0.3) is 0 Å². The minimum atomic E-state index is -3.91. The third-order valence-corrected chi connectivity index (χ3v) is 7.77. The van der Waals surface area contributed by atoms with Crippen LogP contribution in [-0.2, 0) is 26.0 Å². The Balaban J connectivity index is 1.42. The van der Waals surface area contributed by atoms with Crippen molar-refractivity contribution in [3.63, 3.8) is 0 Å². The van der Waals surface area contributed by atoms with Crippen LogP contribution in [0.4, 0.5) is 0 Å². The van der Waals surface area contributed by atoms with E-state index in [0.29, 0.717) is 0 Å². The second-order valence-electron chi connectivity index (χ2n) is 7.95. The molecule has 1 saturated carbocycles. The van der Waals surface area contributed by atoms with Gasteiger partial charge >= 0.3 is 5.97 Å². The summed E-state index contributed by atoms with van der Waals surface area (Å²) in [6.07, 6.45) is 4.22. The Morgan fingerprint density at radius 3 is 2.56 bits per heavy atom. The Kier molecular flexibility index (Phi) is 6.76. The lowest BCUT2D eigenvalue weighted by molar-refractivity contribution is -0.125. The number of benzene rings is 2. The van der Waals surface area contributed by atoms with Gasteiger partial charge in [0.15, 0.2) is 6.61 Å². The quantitative estimate of drug-likeness (QED) is 0.567. The standard InChI is InChI=1S/C22H22Cl2N2O5S/c23-17-11-18(24)20(32(29,30)26-14-8-9-14)10-16(17)22(28)31-12-21(27)25-19-7-3-5-13-4-1-2-6-15(13)19/h1-2,4,6,10-11,14,19,26H,3,5,7-9,12H2,(H,25,27). The third kappa shape index (κ3) is 5.26. The number of hydrogen-bond donors (Lipinski definition) is 2. The Morgan fingerprint density at radius 1 is 1.06 bits per heavy atom. The van der Waals surface area contributed by atoms with Crippen LogP contribution in [0.15, 0.2) is 41.3 Å². The fourth-order valence-electron chi connectivity index (χ4n) is 3.72. The number of amides is 1. The first-order chi connectivity index (χ1) is 15.2. The van der Waals surface area contributed by atoms with Gasteiger partial charge in [-0.2, -0.15) is 0 Å². The largest absolute Gasteiger partial charge is 0.452 e. The van der Waals surface area contributed by atoms with E-state index < -0.39 is 28.5 Å². The second kappa shape index (κ2) is 9.39. The molecule has 32 heavy (non-hydrogen) atoms. The van der Waals surface area contributed by atoms with Crippen molar-refractivity contribution in [3.8, 4) is 0 Å². The molecular formula is C22H22Cl2N2O5S. The molecule has 170 valence electrons. The summed E-state index contributed by atoms with van der Waals surface area (Å²) in [6, 6.07) is 9.90. The van der Waals surface area contributed by atoms with Gasteiger partial charge in [-0.25, -0.2) is 17.9 Å². The molecule has 1 amide bonds. The normalized spacial score (nSPS) is 18.0. The summed E-state index contributed by atoms with van der Waals surface area (Å²) in [6.45, 7) is -0.515. The van der Waals surface area contributed by atoms with Crippen molar-refractivity contribution < 1.29 is 22.7 Å². The van der Waals surface area contributed by atoms with E-state index in [1.807, 2.05) is 24.3 Å². The van der Waals surface area contributed by atoms with Crippen LogP contribution in [0, 0.1) is 0 Å². The average molecular weight is 497 g/mol. The maximum absolute atomic E-state index is 12.5. The first-order valence-electron chi connectivity index (χ1n) is 10.3. The third-order valence-electron chi connectivity index (χ3n) is 5.47. The minimum Gasteiger partial charge on any atom is -0.452 e. The molecule has 0 heterocycles. The topological polar surface area (TPSA) is 102 Å². The van der Waals surface area contributed by atoms with Crippen molar-refractivity contribution >= 4 is 45.1 Å². The number of halogens is 2. The van der Waals surface area contributed by atoms with Crippen LogP contribution in [0.2, 0.25) is 10.0 Å². The van der Waals surface area contributed by atoms with Gasteiger partial charge in [0.2, 0.25) is 10.0 Å². The van der Waals surface area contributed by atoms with Crippen LogP contribution in [0.5, 0.6) is 0 Å². The molecule has 10 heteroatoms. The molecule has 0 aromatic heterocycles. The second-order valence-corrected chi connectivity index (χ2v) is 10.4. The molecule has 0 spiro atoms. The predicted molar refractivity (Wildman–Crippen MR) is 120 cm³/mol. The first kappa shape index (κ1) is 23.0. The molecule has 2 aliphatic carbocycles. The number of carbonyl (C=O) groups is 2. The van der Waals surface area contributed by atoms with Gasteiger partial charge in [-0.15, -0.1) is 0 Å². The van der Waals surface area contributed by atoms with E-state index in [-0.39, 0.29) is 32.6 Å². The smallest absolute Gasteiger partial charge is 0.340 e. The van der Waals surface area contributed by atoms with E-state index in [9.17, 15) is 18.0 Å². The number of sulfonamides is 1. The highest BCUT2D eigenvalue weighted by Gasteiger charge is 2.31. The molecule has 2 aromatic carbocycles. The van der Waals surface area contributed by atoms with Gasteiger partial charge in [0, 0.05) is 6.04 Å². The summed E-state index contributed by atoms with van der Waals surface area (Å²) in [7, 11) is -3.91. The number of rotatable bonds is 7. The van der Waals surface area contributed by atoms with E-state index in [2.05, 4.69) is 10.0 Å². The minimum absolute atomic E-state index is 0.0630. The Labute approximate surface area is 196 Å². The zero-order valence-electron chi connectivity index (χ0n) is 17.1. The molecule has 1 unspecified atom stereocenters. The van der Waals surface area contributed by atoms with Gasteiger partial charge < -0.3 is 10.1 Å². The SMILES string of the molecule is O=C(COC(=O)c1cc(S(=O)(=O)NC2CC2)c(Cl)cc1Cl)NC1CCCc2ccccc21. The van der Waals surface area contributed by atoms with Gasteiger partial charge in [-0.05, 0) is 55.4 Å². The first-order valence-corrected chi connectivity index (χ1v) is 12.5. The zero-order valence-corrected chi connectivity index (χ0v) is 19.4. The molecule has 4 rings (SSSR count). The number of hydrogen-bond acceptors (Lipinski definition) is 5. The number of ether oxygens (including phenoxy) is 1. The van der Waals surface area contributed by atoms with Crippen molar-refractivity contribution in [1.82, 2.24) is 10.0 Å². The average Bonchev–Trinajstić information content (AvgIpc) is 3.55. The molecule has 0 radical (unpaired) electrons. The monoisotopic (exact) mass is 496 g/mol. The molecule has 2 N–H and O–H groups in total. The van der Waals surface area contributed by atoms with Crippen LogP contribution < -0.4 is 10.0 Å². The summed E-state index contributed by atoms with van der Waals surface area (Å²) >= 11 is 12.1. The highest BCUT2D eigenvalue weighted by molar-refractivity contribution is 7.89. The van der Waals surface area contributed by atoms with E-state index in [1.165, 1.54) is 11.6 Å². The molecule has 1 atom stereocenters. The summed E-state index contributed by atoms with van der Waals surface area (Å²) in [5.74, 6) is -1.36. The van der Waals surface area contributed by atoms with Gasteiger partial charge in [0.05, 0.1) is 21.7 Å². The van der Waals surface area contributed by atoms with Gasteiger partial charge in [-0.3, -0.25) is 4.79 Å². The van der Waals surface area contributed by atoms with Crippen LogP contribution in [-0.4, -0.2) is 32.9 Å². The number of esters is 1. The van der Waals surface area contributed by atoms with Crippen molar-refractivity contribution in [3.05, 3.63) is 63.1 Å². The fraction of sp³-hybridized carbons (Fsp3) is 0.364. The maximum atomic E-state index is 12.5. The summed E-state index contributed by atoms with van der Waals surface area (Å²) in [4.78, 5) is 24.7. The van der Waals surface area contributed by atoms with E-state index in [0.717, 1.165) is 43.7 Å². The number of fused-ring (bicyclic) bond motifs is 1. The molecule has 2 aliphatic rings. The summed E-state index contributed by atoms with van der Waals surface area (Å²) < 4.78 is 32.7. The maximum Gasteiger partial charge on any atom is 0.340 e. The van der Waals surface area contributed by atoms with Crippen molar-refractivity contribution in [2.75, 3.05) is 6.61 Å². The Morgan fingerprint density at radius 2 is 1.81 bits per heavy atom. The number of carbonyl (C=O) groups excluding carboxylic acids is 2. The van der Waals surface area contributed by atoms with E-state index in [4.69, 9.17) is 27.9 Å². The van der Waals surface area contributed by atoms with Crippen molar-refractivity contribution in [2.24, 2.45) is 0 Å². The zero-order chi connectivity index (χ0) is 22.9. The molecule has 0 bridgehead atoms. The number of aryl methyl sites for hydroxylation is 1. The van der Waals surface area contributed by atoms with E-state index in [1.54, 1.807) is 0 Å². The highest BCUT2D eigenvalue weighted by atomic mass is 35.5. The molecule has 1 fully saturated rings. The predicted octanol–water partition coefficient (Wildman–Crippen LogP) is 3.78. The van der Waals surface area contributed by atoms with Gasteiger partial charge in [0.25, 0.3) is 5.91 Å². The molecule has 0 saturated heterocycles. The van der Waals surface area contributed by atoms with Crippen molar-refractivity contribution in [1.29, 1.82) is 0 Å². The fourth-order valence-corrected chi connectivity index (χ4v) is 5.88. The lowest BCUT2D eigenvalue weighted by Crippen LogP contribution is -2.34. The van der Waals surface area contributed by atoms with Crippen LogP contribution >= 0.6 is 23.2 Å². The Hall–Kier alpha value is -2.13. The van der Waals surface area contributed by atoms with Crippen LogP contribution in [0.3, 0.4) is 0 Å². The Bertz CT molecular complexity index is 1160. The lowest BCUT2D eigenvalue weighted by atomic mass is 9.88. The molecule has 7 nitrogen and oxygen atoms in total. The van der Waals surface area contributed by atoms with Crippen LogP contribution in [0.1, 0.15) is 53.2 Å². The summed E-state index contributed by atoms with van der Waals surface area (Å²) in [5.41, 5.74) is 2.09. The summed E-state index contributed by atoms with van der Waals surface area (Å²) in [5, 5.41) is 2.73. The molecule has 2 aromatic rings. The molecular weight excluding hydrogens is 475 g/mol. The van der Waals surface area contributed by atoms with Gasteiger partial charge in [-0.1, -0.05) is 47.5 Å². The number of nitrogens with one attached hydrogen (secondary N) is 2. The molecule has 0 aliphatic heterocycles.